The molecule has 1 atom stereocenters. The van der Waals surface area contributed by atoms with E-state index in [0.29, 0.717) is 11.3 Å². The number of carbonyl (C=O) groups excluding carboxylic acids is 3. The number of esters is 1. The number of carbonyl (C=O) groups is 3. The van der Waals surface area contributed by atoms with E-state index in [1.165, 1.54) is 17.0 Å². The number of aryl methyl sites for hydroxylation is 1. The van der Waals surface area contributed by atoms with Gasteiger partial charge in [0.1, 0.15) is 19.0 Å². The highest BCUT2D eigenvalue weighted by Gasteiger charge is 2.42. The smallest absolute Gasteiger partial charge is 0.338 e. The van der Waals surface area contributed by atoms with Gasteiger partial charge in [0.2, 0.25) is 5.91 Å². The first kappa shape index (κ1) is 19.9. The van der Waals surface area contributed by atoms with Crippen molar-refractivity contribution in [1.29, 1.82) is 0 Å². The Balaban J connectivity index is 1.58. The Bertz CT molecular complexity index is 1080. The summed E-state index contributed by atoms with van der Waals surface area (Å²) in [7, 11) is 0. The van der Waals surface area contributed by atoms with Crippen LogP contribution in [-0.4, -0.2) is 36.0 Å². The fourth-order valence-electron chi connectivity index (χ4n) is 3.41. The van der Waals surface area contributed by atoms with Crippen LogP contribution in [0.1, 0.15) is 17.2 Å². The Labute approximate surface area is 176 Å². The molecule has 2 aliphatic rings. The zero-order valence-electron chi connectivity index (χ0n) is 15.9. The molecule has 2 aromatic carbocycles. The van der Waals surface area contributed by atoms with Crippen LogP contribution in [0.5, 0.6) is 0 Å². The van der Waals surface area contributed by atoms with Gasteiger partial charge in [-0.1, -0.05) is 41.4 Å². The summed E-state index contributed by atoms with van der Waals surface area (Å²) in [6.45, 7) is 1.49. The highest BCUT2D eigenvalue weighted by atomic mass is 35.5. The molecule has 2 heterocycles. The maximum Gasteiger partial charge on any atom is 0.338 e. The first-order chi connectivity index (χ1) is 14.3. The number of halogens is 2. The van der Waals surface area contributed by atoms with Crippen molar-refractivity contribution in [3.63, 3.8) is 0 Å². The van der Waals surface area contributed by atoms with Gasteiger partial charge in [-0.2, -0.15) is 0 Å². The average Bonchev–Trinajstić information content (AvgIpc) is 3.09. The molecular weight excluding hydrogens is 413 g/mol. The topological polar surface area (TPSA) is 87.7 Å². The minimum absolute atomic E-state index is 0.0976. The molecular formula is C21H17ClFN3O4. The molecule has 0 radical (unpaired) electrons. The van der Waals surface area contributed by atoms with Gasteiger partial charge in [0.05, 0.1) is 22.3 Å². The van der Waals surface area contributed by atoms with Crippen molar-refractivity contribution >= 4 is 35.2 Å². The molecule has 2 aromatic rings. The number of benzene rings is 2. The molecule has 1 unspecified atom stereocenters. The van der Waals surface area contributed by atoms with Crippen LogP contribution in [0.25, 0.3) is 0 Å². The van der Waals surface area contributed by atoms with E-state index in [2.05, 4.69) is 10.6 Å². The molecule has 30 heavy (non-hydrogen) atoms. The molecule has 2 aliphatic heterocycles. The maximum atomic E-state index is 13.3. The Morgan fingerprint density at radius 2 is 2.00 bits per heavy atom. The van der Waals surface area contributed by atoms with Crippen LogP contribution in [0.2, 0.25) is 5.02 Å². The fourth-order valence-corrected chi connectivity index (χ4v) is 3.59. The van der Waals surface area contributed by atoms with Crippen molar-refractivity contribution in [2.75, 3.05) is 18.5 Å². The summed E-state index contributed by atoms with van der Waals surface area (Å²) in [5.74, 6) is -1.68. The van der Waals surface area contributed by atoms with Crippen molar-refractivity contribution in [2.24, 2.45) is 0 Å². The number of rotatable bonds is 4. The van der Waals surface area contributed by atoms with Crippen molar-refractivity contribution in [3.8, 4) is 0 Å². The number of hydrogen-bond donors (Lipinski definition) is 2. The van der Waals surface area contributed by atoms with E-state index in [1.54, 1.807) is 0 Å². The Hall–Kier alpha value is -3.39. The fraction of sp³-hybridized carbons (Fsp3) is 0.190. The van der Waals surface area contributed by atoms with E-state index in [-0.39, 0.29) is 23.9 Å². The standard InChI is InChI=1S/C21H17ClFN3O4/c1-11-2-4-12(5-3-11)19-18-16(10-30-20(18)28)26(21(29)25-19)9-17(27)24-13-6-7-15(23)14(22)8-13/h2-8,19H,9-10H2,1H3,(H,24,27)(H,25,29). The van der Waals surface area contributed by atoms with Crippen LogP contribution < -0.4 is 10.6 Å². The molecule has 0 fully saturated rings. The van der Waals surface area contributed by atoms with Gasteiger partial charge < -0.3 is 15.4 Å². The molecule has 0 aliphatic carbocycles. The third kappa shape index (κ3) is 3.73. The lowest BCUT2D eigenvalue weighted by Gasteiger charge is -2.32. The second-order valence-corrected chi connectivity index (χ2v) is 7.40. The number of cyclic esters (lactones) is 1. The summed E-state index contributed by atoms with van der Waals surface area (Å²) in [5, 5.41) is 5.19. The predicted molar refractivity (Wildman–Crippen MR) is 107 cm³/mol. The molecule has 4 rings (SSSR count). The molecule has 2 N–H and O–H groups in total. The molecule has 0 spiro atoms. The van der Waals surface area contributed by atoms with Gasteiger partial charge in [0.15, 0.2) is 0 Å². The van der Waals surface area contributed by atoms with Crippen LogP contribution in [0.4, 0.5) is 14.9 Å². The lowest BCUT2D eigenvalue weighted by atomic mass is 9.95. The number of anilines is 1. The van der Waals surface area contributed by atoms with E-state index >= 15 is 0 Å². The zero-order chi connectivity index (χ0) is 21.4. The SMILES string of the molecule is Cc1ccc(C2NC(=O)N(CC(=O)Nc3ccc(F)c(Cl)c3)C3=C2C(=O)OC3)cc1. The summed E-state index contributed by atoms with van der Waals surface area (Å²) < 4.78 is 18.4. The van der Waals surface area contributed by atoms with E-state index in [9.17, 15) is 18.8 Å². The third-order valence-electron chi connectivity index (χ3n) is 4.91. The first-order valence-corrected chi connectivity index (χ1v) is 9.51. The van der Waals surface area contributed by atoms with Gasteiger partial charge in [-0.25, -0.2) is 14.0 Å². The number of ether oxygens (including phenoxy) is 1. The molecule has 0 aromatic heterocycles. The summed E-state index contributed by atoms with van der Waals surface area (Å²) in [4.78, 5) is 38.7. The summed E-state index contributed by atoms with van der Waals surface area (Å²) in [6, 6.07) is 10.0. The monoisotopic (exact) mass is 429 g/mol. The summed E-state index contributed by atoms with van der Waals surface area (Å²) in [6.07, 6.45) is 0. The molecule has 0 bridgehead atoms. The Morgan fingerprint density at radius 1 is 1.27 bits per heavy atom. The van der Waals surface area contributed by atoms with Crippen LogP contribution in [-0.2, 0) is 14.3 Å². The lowest BCUT2D eigenvalue weighted by molar-refractivity contribution is -0.136. The molecule has 3 amide bonds. The number of hydrogen-bond acceptors (Lipinski definition) is 4. The van der Waals surface area contributed by atoms with Crippen LogP contribution in [0.3, 0.4) is 0 Å². The number of nitrogens with one attached hydrogen (secondary N) is 2. The largest absolute Gasteiger partial charge is 0.456 e. The Kier molecular flexibility index (Phi) is 5.17. The highest BCUT2D eigenvalue weighted by molar-refractivity contribution is 6.31. The minimum atomic E-state index is -0.654. The molecule has 7 nitrogen and oxygen atoms in total. The molecule has 9 heteroatoms. The van der Waals surface area contributed by atoms with Gasteiger partial charge in [0.25, 0.3) is 0 Å². The molecule has 154 valence electrons. The van der Waals surface area contributed by atoms with Gasteiger partial charge in [0, 0.05) is 5.69 Å². The van der Waals surface area contributed by atoms with Crippen molar-refractivity contribution in [3.05, 3.63) is 75.7 Å². The number of nitrogens with zero attached hydrogens (tertiary/aromatic N) is 1. The van der Waals surface area contributed by atoms with Gasteiger partial charge in [-0.05, 0) is 30.7 Å². The van der Waals surface area contributed by atoms with Gasteiger partial charge in [-0.3, -0.25) is 9.69 Å². The predicted octanol–water partition coefficient (Wildman–Crippen LogP) is 3.30. The molecule has 0 saturated carbocycles. The van der Waals surface area contributed by atoms with Gasteiger partial charge >= 0.3 is 12.0 Å². The highest BCUT2D eigenvalue weighted by Crippen LogP contribution is 2.35. The van der Waals surface area contributed by atoms with Crippen molar-refractivity contribution < 1.29 is 23.5 Å². The van der Waals surface area contributed by atoms with Crippen molar-refractivity contribution in [2.45, 2.75) is 13.0 Å². The van der Waals surface area contributed by atoms with Crippen molar-refractivity contribution in [1.82, 2.24) is 10.2 Å². The second-order valence-electron chi connectivity index (χ2n) is 6.99. The van der Waals surface area contributed by atoms with E-state index in [1.807, 2.05) is 31.2 Å². The zero-order valence-corrected chi connectivity index (χ0v) is 16.6. The van der Waals surface area contributed by atoms with E-state index < -0.39 is 29.8 Å². The quantitative estimate of drug-likeness (QED) is 0.730. The normalized spacial score (nSPS) is 18.1. The average molecular weight is 430 g/mol. The molecule has 0 saturated heterocycles. The Morgan fingerprint density at radius 3 is 2.70 bits per heavy atom. The van der Waals surface area contributed by atoms with E-state index in [0.717, 1.165) is 17.2 Å². The first-order valence-electron chi connectivity index (χ1n) is 9.13. The maximum absolute atomic E-state index is 13.3. The van der Waals surface area contributed by atoms with Crippen LogP contribution >= 0.6 is 11.6 Å². The van der Waals surface area contributed by atoms with Gasteiger partial charge in [-0.15, -0.1) is 0 Å². The van der Waals surface area contributed by atoms with Crippen LogP contribution in [0, 0.1) is 12.7 Å². The minimum Gasteiger partial charge on any atom is -0.456 e. The second kappa shape index (κ2) is 7.79. The number of amides is 3. The third-order valence-corrected chi connectivity index (χ3v) is 5.20. The van der Waals surface area contributed by atoms with Crippen LogP contribution in [0.15, 0.2) is 53.7 Å². The van der Waals surface area contributed by atoms with E-state index in [4.69, 9.17) is 16.3 Å². The summed E-state index contributed by atoms with van der Waals surface area (Å²) in [5.41, 5.74) is 2.72. The number of urea groups is 1. The lowest BCUT2D eigenvalue weighted by Crippen LogP contribution is -2.49. The summed E-state index contributed by atoms with van der Waals surface area (Å²) >= 11 is 5.72.